The molecular formula is C58H103NO13. The Morgan fingerprint density at radius 2 is 0.931 bits per heavy atom. The highest BCUT2D eigenvalue weighted by molar-refractivity contribution is 5.76. The van der Waals surface area contributed by atoms with E-state index in [0.29, 0.717) is 12.8 Å². The van der Waals surface area contributed by atoms with E-state index in [-0.39, 0.29) is 18.9 Å². The van der Waals surface area contributed by atoms with Gasteiger partial charge >= 0.3 is 0 Å². The first-order valence-electron chi connectivity index (χ1n) is 28.5. The molecule has 2 aliphatic rings. The van der Waals surface area contributed by atoms with Gasteiger partial charge in [0.15, 0.2) is 12.6 Å². The molecule has 0 spiro atoms. The number of hydrogen-bond donors (Lipinski definition) is 9. The van der Waals surface area contributed by atoms with Gasteiger partial charge in [-0.25, -0.2) is 0 Å². The second-order valence-corrected chi connectivity index (χ2v) is 20.0. The highest BCUT2D eigenvalue weighted by Gasteiger charge is 2.51. The van der Waals surface area contributed by atoms with Gasteiger partial charge in [-0.3, -0.25) is 4.79 Å². The van der Waals surface area contributed by atoms with Gasteiger partial charge in [-0.05, 0) is 77.0 Å². The number of ether oxygens (including phenoxy) is 4. The third-order valence-electron chi connectivity index (χ3n) is 13.7. The Bertz CT molecular complexity index is 1440. The molecule has 14 nitrogen and oxygen atoms in total. The van der Waals surface area contributed by atoms with Crippen LogP contribution in [0.15, 0.2) is 60.8 Å². The smallest absolute Gasteiger partial charge is 0.220 e. The Morgan fingerprint density at radius 1 is 0.500 bits per heavy atom. The largest absolute Gasteiger partial charge is 0.394 e. The van der Waals surface area contributed by atoms with Crippen molar-refractivity contribution in [2.75, 3.05) is 19.8 Å². The van der Waals surface area contributed by atoms with Gasteiger partial charge in [0.1, 0.15) is 48.8 Å². The fourth-order valence-electron chi connectivity index (χ4n) is 9.00. The summed E-state index contributed by atoms with van der Waals surface area (Å²) >= 11 is 0. The first-order valence-corrected chi connectivity index (χ1v) is 28.5. The summed E-state index contributed by atoms with van der Waals surface area (Å²) in [4.78, 5) is 13.2. The van der Waals surface area contributed by atoms with E-state index in [1.807, 2.05) is 6.08 Å². The quantitative estimate of drug-likeness (QED) is 0.0205. The number of aliphatic hydroxyl groups excluding tert-OH is 8. The lowest BCUT2D eigenvalue weighted by atomic mass is 9.97. The maximum Gasteiger partial charge on any atom is 0.220 e. The SMILES string of the molecule is CCCCC/C=C\C/C=C\CCCCCCCC(=O)NC(COC1OC(CO)C(OC2OC(CO)C(O)C(O)C2O)C(O)C1O)C(O)/C=C/CC/C=C/CC/C=C/CCCCCCCCCCCCCCC. The minimum atomic E-state index is -1.80. The molecule has 2 fully saturated rings. The second kappa shape index (κ2) is 43.9. The predicted molar refractivity (Wildman–Crippen MR) is 286 cm³/mol. The van der Waals surface area contributed by atoms with Crippen LogP contribution in [0.5, 0.6) is 0 Å². The lowest BCUT2D eigenvalue weighted by Crippen LogP contribution is -2.65. The van der Waals surface area contributed by atoms with Crippen LogP contribution in [0.2, 0.25) is 0 Å². The molecule has 72 heavy (non-hydrogen) atoms. The van der Waals surface area contributed by atoms with Gasteiger partial charge in [0, 0.05) is 6.42 Å². The fourth-order valence-corrected chi connectivity index (χ4v) is 9.00. The van der Waals surface area contributed by atoms with E-state index < -0.39 is 86.8 Å². The number of nitrogens with one attached hydrogen (secondary N) is 1. The first-order chi connectivity index (χ1) is 35.1. The lowest BCUT2D eigenvalue weighted by molar-refractivity contribution is -0.359. The molecule has 2 rings (SSSR count). The standard InChI is InChI=1S/C58H103NO13/c1-3-5-7-9-11-13-15-17-19-20-21-22-23-24-25-26-28-29-31-33-35-37-39-41-47(62)46(59-50(63)42-40-38-36-34-32-30-27-18-16-14-12-10-8-6-4-2)45-69-57-55(68)53(66)56(49(44-61)71-57)72-58-54(67)52(65)51(64)48(43-60)70-58/h12,14,18,25-27,31,33,39,41,46-49,51-58,60-62,64-68H,3-11,13,15-17,19-24,28-30,32,34-38,40,42-45H2,1-2H3,(H,59,63)/b14-12-,26-25+,27-18-,33-31+,41-39+. The molecule has 12 atom stereocenters. The van der Waals surface area contributed by atoms with Crippen LogP contribution in [0.3, 0.4) is 0 Å². The van der Waals surface area contributed by atoms with E-state index in [2.05, 4.69) is 67.8 Å². The number of rotatable bonds is 44. The molecule has 0 bridgehead atoms. The fraction of sp³-hybridized carbons (Fsp3) is 0.810. The zero-order valence-electron chi connectivity index (χ0n) is 44.7. The Morgan fingerprint density at radius 3 is 1.47 bits per heavy atom. The monoisotopic (exact) mass is 1020 g/mol. The molecule has 0 aliphatic carbocycles. The summed E-state index contributed by atoms with van der Waals surface area (Å²) in [5.74, 6) is -0.269. The van der Waals surface area contributed by atoms with Gasteiger partial charge in [-0.2, -0.15) is 0 Å². The minimum absolute atomic E-state index is 0.252. The molecule has 1 amide bonds. The molecule has 0 aromatic heterocycles. The topological polar surface area (TPSA) is 228 Å². The van der Waals surface area contributed by atoms with Crippen molar-refractivity contribution in [1.82, 2.24) is 5.32 Å². The molecule has 0 aromatic carbocycles. The van der Waals surface area contributed by atoms with Gasteiger partial charge in [-0.1, -0.05) is 184 Å². The Labute approximate surface area is 435 Å². The van der Waals surface area contributed by atoms with Crippen LogP contribution in [-0.2, 0) is 23.7 Å². The summed E-state index contributed by atoms with van der Waals surface area (Å²) in [6, 6.07) is -0.947. The number of hydrogen-bond acceptors (Lipinski definition) is 13. The van der Waals surface area contributed by atoms with Gasteiger partial charge in [0.05, 0.1) is 32.0 Å². The van der Waals surface area contributed by atoms with Crippen LogP contribution in [0.25, 0.3) is 0 Å². The number of carbonyl (C=O) groups excluding carboxylic acids is 1. The maximum absolute atomic E-state index is 13.2. The Hall–Kier alpha value is -2.31. The van der Waals surface area contributed by atoms with E-state index in [9.17, 15) is 45.6 Å². The predicted octanol–water partition coefficient (Wildman–Crippen LogP) is 9.00. The molecular weight excluding hydrogens is 919 g/mol. The minimum Gasteiger partial charge on any atom is -0.394 e. The maximum atomic E-state index is 13.2. The van der Waals surface area contributed by atoms with Crippen LogP contribution in [0.1, 0.15) is 206 Å². The van der Waals surface area contributed by atoms with E-state index in [4.69, 9.17) is 18.9 Å². The van der Waals surface area contributed by atoms with Crippen molar-refractivity contribution in [3.63, 3.8) is 0 Å². The van der Waals surface area contributed by atoms with Crippen molar-refractivity contribution in [1.29, 1.82) is 0 Å². The average molecular weight is 1020 g/mol. The van der Waals surface area contributed by atoms with Gasteiger partial charge in [-0.15, -0.1) is 0 Å². The molecule has 2 saturated heterocycles. The Balaban J connectivity index is 1.82. The molecule has 0 radical (unpaired) electrons. The van der Waals surface area contributed by atoms with Crippen molar-refractivity contribution in [2.24, 2.45) is 0 Å². The van der Waals surface area contributed by atoms with Crippen LogP contribution < -0.4 is 5.32 Å². The first kappa shape index (κ1) is 65.8. The van der Waals surface area contributed by atoms with Gasteiger partial charge in [0.25, 0.3) is 0 Å². The molecule has 9 N–H and O–H groups in total. The second-order valence-electron chi connectivity index (χ2n) is 20.0. The van der Waals surface area contributed by atoms with Crippen molar-refractivity contribution in [2.45, 2.75) is 280 Å². The lowest BCUT2D eigenvalue weighted by Gasteiger charge is -2.46. The molecule has 2 heterocycles. The van der Waals surface area contributed by atoms with E-state index in [0.717, 1.165) is 70.6 Å². The van der Waals surface area contributed by atoms with Gasteiger partial charge in [0.2, 0.25) is 5.91 Å². The summed E-state index contributed by atoms with van der Waals surface area (Å²) < 4.78 is 22.7. The molecule has 0 aromatic rings. The zero-order valence-corrected chi connectivity index (χ0v) is 44.7. The van der Waals surface area contributed by atoms with Crippen molar-refractivity contribution in [3.05, 3.63) is 60.8 Å². The van der Waals surface area contributed by atoms with Crippen LogP contribution in [0, 0.1) is 0 Å². The number of amides is 1. The van der Waals surface area contributed by atoms with E-state index in [1.165, 1.54) is 103 Å². The van der Waals surface area contributed by atoms with Crippen molar-refractivity contribution >= 4 is 5.91 Å². The van der Waals surface area contributed by atoms with Crippen LogP contribution >= 0.6 is 0 Å². The summed E-state index contributed by atoms with van der Waals surface area (Å²) in [7, 11) is 0. The van der Waals surface area contributed by atoms with Crippen LogP contribution in [-0.4, -0.2) is 140 Å². The third kappa shape index (κ3) is 29.7. The molecule has 0 saturated carbocycles. The highest BCUT2D eigenvalue weighted by Crippen LogP contribution is 2.30. The molecule has 12 unspecified atom stereocenters. The third-order valence-corrected chi connectivity index (χ3v) is 13.7. The molecule has 2 aliphatic heterocycles. The van der Waals surface area contributed by atoms with Crippen LogP contribution in [0.4, 0.5) is 0 Å². The van der Waals surface area contributed by atoms with Crippen molar-refractivity contribution in [3.8, 4) is 0 Å². The number of allylic oxidation sites excluding steroid dienone is 9. The van der Waals surface area contributed by atoms with E-state index >= 15 is 0 Å². The summed E-state index contributed by atoms with van der Waals surface area (Å²) in [5, 5.41) is 86.9. The molecule has 418 valence electrons. The number of unbranched alkanes of at least 4 members (excludes halogenated alkanes) is 23. The Kier molecular flexibility index (Phi) is 40.1. The number of carbonyl (C=O) groups is 1. The van der Waals surface area contributed by atoms with E-state index in [1.54, 1.807) is 6.08 Å². The summed E-state index contributed by atoms with van der Waals surface area (Å²) in [5.41, 5.74) is 0. The zero-order chi connectivity index (χ0) is 52.4. The summed E-state index contributed by atoms with van der Waals surface area (Å²) in [6.07, 6.45) is 38.3. The number of aliphatic hydroxyl groups is 8. The summed E-state index contributed by atoms with van der Waals surface area (Å²) in [6.45, 7) is 2.73. The highest BCUT2D eigenvalue weighted by atomic mass is 16.7. The normalized spacial score (nSPS) is 26.0. The average Bonchev–Trinajstić information content (AvgIpc) is 3.38. The van der Waals surface area contributed by atoms with Crippen molar-refractivity contribution < 1.29 is 64.6 Å². The molecule has 14 heteroatoms. The van der Waals surface area contributed by atoms with Gasteiger partial charge < -0.3 is 65.1 Å².